The Hall–Kier alpha value is -2.69. The fourth-order valence-electron chi connectivity index (χ4n) is 3.30. The second kappa shape index (κ2) is 10.5. The fourth-order valence-corrected chi connectivity index (χ4v) is 5.04. The molecule has 2 amide bonds. The molecule has 178 valence electrons. The van der Waals surface area contributed by atoms with Crippen molar-refractivity contribution in [2.24, 2.45) is 5.92 Å². The number of carbonyl (C=O) groups excluding carboxylic acids is 2. The van der Waals surface area contributed by atoms with Crippen LogP contribution in [-0.2, 0) is 19.6 Å². The number of piperidine rings is 1. The highest BCUT2D eigenvalue weighted by molar-refractivity contribution is 7.89. The quantitative estimate of drug-likeness (QED) is 0.634. The van der Waals surface area contributed by atoms with Gasteiger partial charge in [-0.1, -0.05) is 11.6 Å². The fraction of sp³-hybridized carbons (Fsp3) is 0.364. The monoisotopic (exact) mass is 497 g/mol. The third-order valence-corrected chi connectivity index (χ3v) is 7.52. The van der Waals surface area contributed by atoms with Crippen molar-refractivity contribution in [1.29, 1.82) is 0 Å². The third-order valence-electron chi connectivity index (χ3n) is 5.34. The van der Waals surface area contributed by atoms with Gasteiger partial charge in [0.15, 0.2) is 6.61 Å². The van der Waals surface area contributed by atoms with Crippen molar-refractivity contribution in [3.8, 4) is 5.75 Å². The summed E-state index contributed by atoms with van der Waals surface area (Å²) in [4.78, 5) is 25.6. The lowest BCUT2D eigenvalue weighted by Gasteiger charge is -2.30. The van der Waals surface area contributed by atoms with E-state index in [-0.39, 0.29) is 47.3 Å². The molecule has 0 unspecified atom stereocenters. The van der Waals surface area contributed by atoms with Crippen LogP contribution in [0.1, 0.15) is 12.8 Å². The van der Waals surface area contributed by atoms with Gasteiger partial charge in [-0.25, -0.2) is 12.8 Å². The van der Waals surface area contributed by atoms with Crippen LogP contribution >= 0.6 is 11.6 Å². The molecule has 3 rings (SSSR count). The highest BCUT2D eigenvalue weighted by atomic mass is 35.5. The molecule has 11 heteroatoms. The molecule has 33 heavy (non-hydrogen) atoms. The number of hydrogen-bond acceptors (Lipinski definition) is 5. The number of amides is 2. The van der Waals surface area contributed by atoms with E-state index >= 15 is 0 Å². The summed E-state index contributed by atoms with van der Waals surface area (Å²) in [5.74, 6) is -0.895. The van der Waals surface area contributed by atoms with Gasteiger partial charge in [0.1, 0.15) is 11.6 Å². The van der Waals surface area contributed by atoms with E-state index in [0.29, 0.717) is 24.3 Å². The van der Waals surface area contributed by atoms with Gasteiger partial charge < -0.3 is 15.0 Å². The molecule has 0 spiro atoms. The molecule has 0 radical (unpaired) electrons. The molecule has 1 saturated heterocycles. The molecule has 0 saturated carbocycles. The van der Waals surface area contributed by atoms with Crippen LogP contribution in [0.15, 0.2) is 47.4 Å². The minimum Gasteiger partial charge on any atom is -0.484 e. The molecular weight excluding hydrogens is 473 g/mol. The van der Waals surface area contributed by atoms with Crippen LogP contribution in [0.3, 0.4) is 0 Å². The van der Waals surface area contributed by atoms with Crippen molar-refractivity contribution in [2.75, 3.05) is 39.1 Å². The Kier molecular flexibility index (Phi) is 7.93. The molecule has 0 bridgehead atoms. The van der Waals surface area contributed by atoms with Gasteiger partial charge >= 0.3 is 0 Å². The topological polar surface area (TPSA) is 96.0 Å². The number of sulfonamides is 1. The van der Waals surface area contributed by atoms with Gasteiger partial charge in [0.2, 0.25) is 15.9 Å². The zero-order valence-electron chi connectivity index (χ0n) is 18.3. The third kappa shape index (κ3) is 6.21. The van der Waals surface area contributed by atoms with Crippen LogP contribution in [0.5, 0.6) is 5.75 Å². The number of anilines is 1. The van der Waals surface area contributed by atoms with Crippen LogP contribution in [0.4, 0.5) is 10.1 Å². The van der Waals surface area contributed by atoms with E-state index in [1.54, 1.807) is 38.4 Å². The van der Waals surface area contributed by atoms with Gasteiger partial charge in [0.05, 0.1) is 9.92 Å². The Bertz CT molecular complexity index is 1120. The number of likely N-dealkylation sites (N-methyl/N-ethyl adjacent to an activating group) is 1. The van der Waals surface area contributed by atoms with Gasteiger partial charge in [0.25, 0.3) is 5.91 Å². The number of nitrogens with zero attached hydrogens (tertiary/aromatic N) is 2. The second-order valence-corrected chi connectivity index (χ2v) is 10.2. The predicted octanol–water partition coefficient (Wildman–Crippen LogP) is 2.99. The zero-order chi connectivity index (χ0) is 24.2. The van der Waals surface area contributed by atoms with Gasteiger partial charge in [-0.05, 0) is 55.3 Å². The van der Waals surface area contributed by atoms with Crippen LogP contribution in [-0.4, -0.2) is 63.2 Å². The number of benzene rings is 2. The first-order valence-electron chi connectivity index (χ1n) is 10.3. The maximum Gasteiger partial charge on any atom is 0.259 e. The molecular formula is C22H25ClFN3O5S. The number of hydrogen-bond donors (Lipinski definition) is 1. The average Bonchev–Trinajstić information content (AvgIpc) is 2.80. The minimum atomic E-state index is -3.82. The Morgan fingerprint density at radius 1 is 1.15 bits per heavy atom. The van der Waals surface area contributed by atoms with Gasteiger partial charge in [-0.2, -0.15) is 4.31 Å². The van der Waals surface area contributed by atoms with E-state index in [4.69, 9.17) is 16.3 Å². The minimum absolute atomic E-state index is 0.0774. The molecule has 1 fully saturated rings. The normalized spacial score (nSPS) is 15.2. The first-order valence-corrected chi connectivity index (χ1v) is 12.1. The molecule has 1 aliphatic heterocycles. The highest BCUT2D eigenvalue weighted by Gasteiger charge is 2.32. The van der Waals surface area contributed by atoms with E-state index in [9.17, 15) is 22.4 Å². The van der Waals surface area contributed by atoms with Crippen LogP contribution in [0.2, 0.25) is 5.02 Å². The lowest BCUT2D eigenvalue weighted by molar-refractivity contribution is -0.130. The molecule has 1 N–H and O–H groups in total. The van der Waals surface area contributed by atoms with Crippen molar-refractivity contribution >= 4 is 39.1 Å². The van der Waals surface area contributed by atoms with Gasteiger partial charge in [-0.3, -0.25) is 9.59 Å². The van der Waals surface area contributed by atoms with Gasteiger partial charge in [0, 0.05) is 38.8 Å². The first-order chi connectivity index (χ1) is 15.6. The summed E-state index contributed by atoms with van der Waals surface area (Å²) >= 11 is 5.72. The highest BCUT2D eigenvalue weighted by Crippen LogP contribution is 2.27. The largest absolute Gasteiger partial charge is 0.484 e. The van der Waals surface area contributed by atoms with Crippen molar-refractivity contribution in [3.63, 3.8) is 0 Å². The Balaban J connectivity index is 1.53. The lowest BCUT2D eigenvalue weighted by Crippen LogP contribution is -2.41. The van der Waals surface area contributed by atoms with Crippen molar-refractivity contribution in [3.05, 3.63) is 53.3 Å². The average molecular weight is 498 g/mol. The van der Waals surface area contributed by atoms with Crippen molar-refractivity contribution in [2.45, 2.75) is 17.7 Å². The van der Waals surface area contributed by atoms with Crippen LogP contribution < -0.4 is 10.1 Å². The van der Waals surface area contributed by atoms with E-state index < -0.39 is 15.8 Å². The molecule has 1 heterocycles. The molecule has 1 aliphatic rings. The second-order valence-electron chi connectivity index (χ2n) is 7.84. The SMILES string of the molecule is CN(C)C(=O)COc1ccc(NC(=O)C2CCN(S(=O)(=O)c3ccc(F)c(Cl)c3)CC2)cc1. The number of ether oxygens (including phenoxy) is 1. The molecule has 0 aromatic heterocycles. The summed E-state index contributed by atoms with van der Waals surface area (Å²) in [5, 5.41) is 2.57. The smallest absolute Gasteiger partial charge is 0.259 e. The summed E-state index contributed by atoms with van der Waals surface area (Å²) in [6.07, 6.45) is 0.710. The summed E-state index contributed by atoms with van der Waals surface area (Å²) in [6, 6.07) is 9.94. The van der Waals surface area contributed by atoms with Gasteiger partial charge in [-0.15, -0.1) is 0 Å². The molecule has 0 aliphatic carbocycles. The molecule has 8 nitrogen and oxygen atoms in total. The zero-order valence-corrected chi connectivity index (χ0v) is 19.8. The van der Waals surface area contributed by atoms with E-state index in [2.05, 4.69) is 5.32 Å². The van der Waals surface area contributed by atoms with Crippen molar-refractivity contribution < 1.29 is 27.1 Å². The summed E-state index contributed by atoms with van der Waals surface area (Å²) in [6.45, 7) is 0.258. The number of rotatable bonds is 7. The van der Waals surface area contributed by atoms with E-state index in [1.165, 1.54) is 15.3 Å². The Morgan fingerprint density at radius 3 is 2.36 bits per heavy atom. The first kappa shape index (κ1) is 24.9. The predicted molar refractivity (Wildman–Crippen MR) is 122 cm³/mol. The lowest BCUT2D eigenvalue weighted by atomic mass is 9.97. The van der Waals surface area contributed by atoms with E-state index in [1.807, 2.05) is 0 Å². The molecule has 0 atom stereocenters. The van der Waals surface area contributed by atoms with Crippen LogP contribution in [0.25, 0.3) is 0 Å². The Labute approximate surface area is 197 Å². The van der Waals surface area contributed by atoms with Crippen molar-refractivity contribution in [1.82, 2.24) is 9.21 Å². The summed E-state index contributed by atoms with van der Waals surface area (Å²) < 4.78 is 45.6. The Morgan fingerprint density at radius 2 is 1.79 bits per heavy atom. The standard InChI is InChI=1S/C22H25ClFN3O5S/c1-26(2)21(28)14-32-17-5-3-16(4-6-17)25-22(29)15-9-11-27(12-10-15)33(30,31)18-7-8-20(24)19(23)13-18/h3-8,13,15H,9-12,14H2,1-2H3,(H,25,29). The number of halogens is 2. The van der Waals surface area contributed by atoms with Crippen LogP contribution in [0, 0.1) is 11.7 Å². The maximum absolute atomic E-state index is 13.4. The van der Waals surface area contributed by atoms with E-state index in [0.717, 1.165) is 12.1 Å². The number of nitrogens with one attached hydrogen (secondary N) is 1. The summed E-state index contributed by atoms with van der Waals surface area (Å²) in [7, 11) is -0.539. The number of carbonyl (C=O) groups is 2. The molecule has 2 aromatic carbocycles. The maximum atomic E-state index is 13.4. The summed E-state index contributed by atoms with van der Waals surface area (Å²) in [5.41, 5.74) is 0.572. The molecule has 2 aromatic rings.